The van der Waals surface area contributed by atoms with Crippen molar-refractivity contribution in [1.29, 1.82) is 0 Å². The topological polar surface area (TPSA) is 26.3 Å². The number of hydrogen-bond acceptors (Lipinski definition) is 2. The van der Waals surface area contributed by atoms with Crippen molar-refractivity contribution in [3.8, 4) is 11.5 Å². The Bertz CT molecular complexity index is 454. The molecule has 76 valence electrons. The van der Waals surface area contributed by atoms with Crippen LogP contribution in [-0.4, -0.2) is 0 Å². The molecule has 0 saturated heterocycles. The molecule has 0 fully saturated rings. The Hall–Kier alpha value is -1.23. The van der Waals surface area contributed by atoms with Gasteiger partial charge in [0, 0.05) is 0 Å². The Morgan fingerprint density at radius 3 is 2.27 bits per heavy atom. The zero-order valence-electron chi connectivity index (χ0n) is 7.89. The highest BCUT2D eigenvalue weighted by Gasteiger charge is 2.02. The molecule has 0 atom stereocenters. The number of halogens is 1. The Kier molecular flexibility index (Phi) is 3.45. The van der Waals surface area contributed by atoms with Crippen LogP contribution in [0.2, 0.25) is 0 Å². The van der Waals surface area contributed by atoms with Crippen molar-refractivity contribution in [3.05, 3.63) is 58.2 Å². The van der Waals surface area contributed by atoms with Crippen molar-refractivity contribution >= 4 is 21.2 Å². The van der Waals surface area contributed by atoms with Gasteiger partial charge in [0.05, 0.1) is 3.57 Å². The first kappa shape index (κ1) is 10.3. The molecule has 2 rings (SSSR count). The largest absolute Gasteiger partial charge is 0.456 e. The molecule has 3 heteroatoms. The summed E-state index contributed by atoms with van der Waals surface area (Å²) < 4.78 is 17.4. The van der Waals surface area contributed by atoms with Gasteiger partial charge in [-0.3, -0.25) is 3.07 Å². The Labute approximate surface area is 98.5 Å². The standard InChI is InChI=1S/C12H9IO2/c14-13-11-8-4-5-9-12(11)15-10-6-2-1-3-7-10/h1-9H. The van der Waals surface area contributed by atoms with E-state index in [-0.39, 0.29) is 0 Å². The van der Waals surface area contributed by atoms with Crippen LogP contribution in [0.3, 0.4) is 0 Å². The Morgan fingerprint density at radius 2 is 1.53 bits per heavy atom. The van der Waals surface area contributed by atoms with Crippen LogP contribution in [0.1, 0.15) is 0 Å². The minimum atomic E-state index is -1.19. The molecule has 0 spiro atoms. The van der Waals surface area contributed by atoms with E-state index in [4.69, 9.17) is 4.74 Å². The first-order valence-corrected chi connectivity index (χ1v) is 6.45. The zero-order valence-corrected chi connectivity index (χ0v) is 10.0. The summed E-state index contributed by atoms with van der Waals surface area (Å²) in [6.07, 6.45) is 0. The molecule has 0 aromatic heterocycles. The number of benzene rings is 2. The van der Waals surface area contributed by atoms with Gasteiger partial charge in [-0.25, -0.2) is 0 Å². The van der Waals surface area contributed by atoms with E-state index in [9.17, 15) is 3.07 Å². The van der Waals surface area contributed by atoms with Gasteiger partial charge in [0.2, 0.25) is 0 Å². The van der Waals surface area contributed by atoms with Gasteiger partial charge in [0.15, 0.2) is 21.2 Å². The fourth-order valence-corrected chi connectivity index (χ4v) is 2.07. The van der Waals surface area contributed by atoms with E-state index in [2.05, 4.69) is 0 Å². The average Bonchev–Trinajstić information content (AvgIpc) is 2.31. The number of para-hydroxylation sites is 2. The van der Waals surface area contributed by atoms with E-state index in [1.165, 1.54) is 0 Å². The molecule has 0 N–H and O–H groups in total. The molecule has 0 aliphatic carbocycles. The maximum absolute atomic E-state index is 11.0. The molecule has 2 aromatic rings. The first-order chi connectivity index (χ1) is 7.40. The molecular weight excluding hydrogens is 303 g/mol. The fourth-order valence-electron chi connectivity index (χ4n) is 1.21. The van der Waals surface area contributed by atoms with Crippen LogP contribution in [0, 0.1) is 3.57 Å². The molecule has 0 unspecified atom stereocenters. The van der Waals surface area contributed by atoms with Gasteiger partial charge >= 0.3 is 0 Å². The Morgan fingerprint density at radius 1 is 0.867 bits per heavy atom. The van der Waals surface area contributed by atoms with E-state index in [0.717, 1.165) is 9.32 Å². The third kappa shape index (κ3) is 2.62. The molecule has 2 nitrogen and oxygen atoms in total. The van der Waals surface area contributed by atoms with Crippen LogP contribution in [-0.2, 0) is 3.07 Å². The van der Waals surface area contributed by atoms with Crippen LogP contribution >= 0.6 is 21.2 Å². The molecule has 0 aliphatic rings. The highest BCUT2D eigenvalue weighted by molar-refractivity contribution is 14.1. The summed E-state index contributed by atoms with van der Waals surface area (Å²) in [5.74, 6) is 1.45. The van der Waals surface area contributed by atoms with Gasteiger partial charge < -0.3 is 4.74 Å². The van der Waals surface area contributed by atoms with Crippen molar-refractivity contribution in [2.45, 2.75) is 0 Å². The maximum Gasteiger partial charge on any atom is 0.185 e. The monoisotopic (exact) mass is 312 g/mol. The zero-order chi connectivity index (χ0) is 10.5. The Balaban J connectivity index is 2.28. The molecule has 15 heavy (non-hydrogen) atoms. The lowest BCUT2D eigenvalue weighted by Gasteiger charge is -2.06. The first-order valence-electron chi connectivity index (χ1n) is 4.49. The van der Waals surface area contributed by atoms with E-state index >= 15 is 0 Å². The summed E-state index contributed by atoms with van der Waals surface area (Å²) in [5, 5.41) is 0. The smallest absolute Gasteiger partial charge is 0.185 e. The van der Waals surface area contributed by atoms with Gasteiger partial charge in [0.25, 0.3) is 0 Å². The number of hydrogen-bond donors (Lipinski definition) is 0. The van der Waals surface area contributed by atoms with E-state index in [1.54, 1.807) is 0 Å². The van der Waals surface area contributed by atoms with Crippen LogP contribution < -0.4 is 4.74 Å². The normalized spacial score (nSPS) is 9.87. The second-order valence-corrected chi connectivity index (χ2v) is 4.53. The summed E-state index contributed by atoms with van der Waals surface area (Å²) in [5.41, 5.74) is 0. The molecule has 0 radical (unpaired) electrons. The van der Waals surface area contributed by atoms with Gasteiger partial charge in [-0.15, -0.1) is 0 Å². The molecule has 2 aromatic carbocycles. The average molecular weight is 312 g/mol. The summed E-state index contributed by atoms with van der Waals surface area (Å²) in [7, 11) is 0. The van der Waals surface area contributed by atoms with Crippen LogP contribution in [0.15, 0.2) is 54.6 Å². The lowest BCUT2D eigenvalue weighted by atomic mass is 10.3. The highest BCUT2D eigenvalue weighted by atomic mass is 127. The van der Waals surface area contributed by atoms with Gasteiger partial charge in [0.1, 0.15) is 11.5 Å². The number of ether oxygens (including phenoxy) is 1. The van der Waals surface area contributed by atoms with Crippen molar-refractivity contribution in [3.63, 3.8) is 0 Å². The van der Waals surface area contributed by atoms with Crippen LogP contribution in [0.25, 0.3) is 0 Å². The summed E-state index contributed by atoms with van der Waals surface area (Å²) in [6.45, 7) is 0. The van der Waals surface area contributed by atoms with E-state index < -0.39 is 21.2 Å². The quantitative estimate of drug-likeness (QED) is 0.802. The highest BCUT2D eigenvalue weighted by Crippen LogP contribution is 2.27. The second-order valence-electron chi connectivity index (χ2n) is 2.92. The SMILES string of the molecule is O=Ic1ccccc1Oc1ccccc1. The van der Waals surface area contributed by atoms with Gasteiger partial charge in [-0.1, -0.05) is 30.3 Å². The molecule has 0 saturated carbocycles. The van der Waals surface area contributed by atoms with Crippen molar-refractivity contribution in [1.82, 2.24) is 0 Å². The van der Waals surface area contributed by atoms with Crippen molar-refractivity contribution in [2.75, 3.05) is 0 Å². The summed E-state index contributed by atoms with van der Waals surface area (Å²) in [6, 6.07) is 16.9. The number of rotatable bonds is 3. The minimum absolute atomic E-state index is 0.687. The lowest BCUT2D eigenvalue weighted by Crippen LogP contribution is -1.86. The van der Waals surface area contributed by atoms with Crippen molar-refractivity contribution in [2.24, 2.45) is 0 Å². The predicted octanol–water partition coefficient (Wildman–Crippen LogP) is 3.96. The maximum atomic E-state index is 11.0. The molecule has 0 amide bonds. The second kappa shape index (κ2) is 5.02. The molecule has 0 bridgehead atoms. The van der Waals surface area contributed by atoms with Crippen LogP contribution in [0.4, 0.5) is 0 Å². The van der Waals surface area contributed by atoms with Gasteiger partial charge in [-0.2, -0.15) is 0 Å². The third-order valence-corrected chi connectivity index (χ3v) is 3.26. The summed E-state index contributed by atoms with van der Waals surface area (Å²) in [4.78, 5) is 0. The molecule has 0 heterocycles. The fraction of sp³-hybridized carbons (Fsp3) is 0. The van der Waals surface area contributed by atoms with Gasteiger partial charge in [-0.05, 0) is 24.3 Å². The third-order valence-electron chi connectivity index (χ3n) is 1.89. The molecular formula is C12H9IO2. The minimum Gasteiger partial charge on any atom is -0.456 e. The van der Waals surface area contributed by atoms with Crippen molar-refractivity contribution < 1.29 is 7.81 Å². The van der Waals surface area contributed by atoms with Crippen LogP contribution in [0.5, 0.6) is 11.5 Å². The van der Waals surface area contributed by atoms with E-state index in [0.29, 0.717) is 5.75 Å². The molecule has 0 aliphatic heterocycles. The predicted molar refractivity (Wildman–Crippen MR) is 66.4 cm³/mol. The summed E-state index contributed by atoms with van der Waals surface area (Å²) >= 11 is -1.19. The lowest BCUT2D eigenvalue weighted by molar-refractivity contribution is 0.479. The van der Waals surface area contributed by atoms with E-state index in [1.807, 2.05) is 54.6 Å².